The fourth-order valence-corrected chi connectivity index (χ4v) is 2.72. The highest BCUT2D eigenvalue weighted by atomic mass is 32.1. The van der Waals surface area contributed by atoms with Crippen LogP contribution in [0.4, 0.5) is 0 Å². The Labute approximate surface area is 90.6 Å². The van der Waals surface area contributed by atoms with Crippen molar-refractivity contribution in [2.24, 2.45) is 0 Å². The second kappa shape index (κ2) is 3.73. The van der Waals surface area contributed by atoms with Crippen molar-refractivity contribution >= 4 is 40.3 Å². The third-order valence-electron chi connectivity index (χ3n) is 2.13. The molecule has 0 fully saturated rings. The van der Waals surface area contributed by atoms with Crippen LogP contribution in [-0.4, -0.2) is 11.4 Å². The number of hydrogen-bond acceptors (Lipinski definition) is 4. The van der Waals surface area contributed by atoms with Crippen LogP contribution in [0.15, 0.2) is 22.4 Å². The van der Waals surface area contributed by atoms with E-state index in [1.54, 1.807) is 6.07 Å². The minimum atomic E-state index is -0.0534. The molecule has 14 heavy (non-hydrogen) atoms. The van der Waals surface area contributed by atoms with Crippen molar-refractivity contribution in [3.8, 4) is 0 Å². The minimum absolute atomic E-state index is 0.0534. The van der Waals surface area contributed by atoms with Gasteiger partial charge < -0.3 is 5.11 Å². The quantitative estimate of drug-likeness (QED) is 0.607. The zero-order valence-electron chi connectivity index (χ0n) is 7.23. The van der Waals surface area contributed by atoms with Gasteiger partial charge in [0.25, 0.3) is 0 Å². The van der Waals surface area contributed by atoms with Crippen LogP contribution < -0.4 is 0 Å². The maximum atomic E-state index is 10.7. The van der Waals surface area contributed by atoms with E-state index < -0.39 is 0 Å². The molecule has 0 amide bonds. The van der Waals surface area contributed by atoms with Gasteiger partial charge in [-0.3, -0.25) is 4.79 Å². The van der Waals surface area contributed by atoms with Crippen molar-refractivity contribution in [3.63, 3.8) is 0 Å². The van der Waals surface area contributed by atoms with Crippen molar-refractivity contribution in [1.29, 1.82) is 0 Å². The van der Waals surface area contributed by atoms with E-state index in [9.17, 15) is 4.79 Å². The Hall–Kier alpha value is -0.840. The first kappa shape index (κ1) is 9.71. The molecule has 0 bridgehead atoms. The van der Waals surface area contributed by atoms with Crippen LogP contribution in [0.25, 0.3) is 10.1 Å². The lowest BCUT2D eigenvalue weighted by atomic mass is 10.1. The Bertz CT molecular complexity index is 488. The first-order valence-corrected chi connectivity index (χ1v) is 5.38. The molecule has 2 rings (SSSR count). The molecule has 0 aliphatic carbocycles. The molecule has 1 N–H and O–H groups in total. The summed E-state index contributed by atoms with van der Waals surface area (Å²) in [5.41, 5.74) is 1.31. The average Bonchev–Trinajstić information content (AvgIpc) is 2.68. The predicted molar refractivity (Wildman–Crippen MR) is 60.4 cm³/mol. The van der Waals surface area contributed by atoms with E-state index in [0.29, 0.717) is 10.5 Å². The van der Waals surface area contributed by atoms with Gasteiger partial charge in [-0.25, -0.2) is 0 Å². The summed E-state index contributed by atoms with van der Waals surface area (Å²) in [7, 11) is 0. The van der Waals surface area contributed by atoms with E-state index in [1.807, 2.05) is 11.4 Å². The summed E-state index contributed by atoms with van der Waals surface area (Å²) >= 11 is 5.82. The third-order valence-corrected chi connectivity index (χ3v) is 3.69. The molecule has 0 spiro atoms. The van der Waals surface area contributed by atoms with Crippen molar-refractivity contribution in [2.45, 2.75) is 11.5 Å². The highest BCUT2D eigenvalue weighted by Crippen LogP contribution is 2.32. The zero-order valence-corrected chi connectivity index (χ0v) is 8.94. The number of aliphatic hydroxyl groups excluding tert-OH is 1. The van der Waals surface area contributed by atoms with Gasteiger partial charge in [0.15, 0.2) is 6.29 Å². The molecule has 0 atom stereocenters. The normalized spacial score (nSPS) is 10.7. The number of aliphatic hydroxyl groups is 1. The molecule has 0 aliphatic rings. The van der Waals surface area contributed by atoms with Gasteiger partial charge in [0.05, 0.1) is 6.61 Å². The molecule has 1 aromatic heterocycles. The number of thiol groups is 1. The number of aldehydes is 1. The van der Waals surface area contributed by atoms with Crippen molar-refractivity contribution < 1.29 is 9.90 Å². The van der Waals surface area contributed by atoms with Gasteiger partial charge in [-0.1, -0.05) is 0 Å². The van der Waals surface area contributed by atoms with Crippen LogP contribution in [-0.2, 0) is 6.61 Å². The Morgan fingerprint density at radius 2 is 2.36 bits per heavy atom. The summed E-state index contributed by atoms with van der Waals surface area (Å²) in [5.74, 6) is 0. The van der Waals surface area contributed by atoms with E-state index in [-0.39, 0.29) is 6.61 Å². The van der Waals surface area contributed by atoms with Crippen LogP contribution in [0.5, 0.6) is 0 Å². The molecule has 4 heteroatoms. The Morgan fingerprint density at radius 1 is 1.57 bits per heavy atom. The van der Waals surface area contributed by atoms with E-state index in [0.717, 1.165) is 21.9 Å². The fourth-order valence-electron chi connectivity index (χ4n) is 1.43. The van der Waals surface area contributed by atoms with Gasteiger partial charge in [0, 0.05) is 15.2 Å². The number of carbonyl (C=O) groups excluding carboxylic acids is 1. The number of carbonyl (C=O) groups is 1. The number of hydrogen-bond donors (Lipinski definition) is 2. The lowest BCUT2D eigenvalue weighted by molar-refractivity contribution is 0.112. The average molecular weight is 224 g/mol. The summed E-state index contributed by atoms with van der Waals surface area (Å²) in [4.78, 5) is 11.4. The molecule has 0 saturated carbocycles. The van der Waals surface area contributed by atoms with Gasteiger partial charge in [0.1, 0.15) is 0 Å². The zero-order chi connectivity index (χ0) is 10.1. The number of thiophene rings is 1. The standard InChI is InChI=1S/C10H8O2S2/c11-4-6-3-7(5-12)9(13)10-8(6)1-2-14-10/h1-3,5,11,13H,4H2. The molecule has 1 aromatic carbocycles. The second-order valence-corrected chi connectivity index (χ2v) is 4.28. The van der Waals surface area contributed by atoms with Crippen LogP contribution in [0.3, 0.4) is 0 Å². The van der Waals surface area contributed by atoms with Crippen LogP contribution in [0.2, 0.25) is 0 Å². The first-order valence-electron chi connectivity index (χ1n) is 4.06. The summed E-state index contributed by atoms with van der Waals surface area (Å²) < 4.78 is 0.960. The first-order chi connectivity index (χ1) is 6.77. The number of fused-ring (bicyclic) bond motifs is 1. The lowest BCUT2D eigenvalue weighted by Crippen LogP contribution is -1.90. The van der Waals surface area contributed by atoms with Crippen LogP contribution >= 0.6 is 24.0 Å². The van der Waals surface area contributed by atoms with Crippen molar-refractivity contribution in [3.05, 3.63) is 28.6 Å². The molecule has 0 radical (unpaired) electrons. The minimum Gasteiger partial charge on any atom is -0.392 e. The van der Waals surface area contributed by atoms with E-state index in [2.05, 4.69) is 12.6 Å². The molecule has 2 aromatic rings. The Kier molecular flexibility index (Phi) is 2.58. The van der Waals surface area contributed by atoms with Gasteiger partial charge in [-0.05, 0) is 28.5 Å². The largest absolute Gasteiger partial charge is 0.392 e. The third kappa shape index (κ3) is 1.35. The van der Waals surface area contributed by atoms with E-state index in [4.69, 9.17) is 5.11 Å². The molecule has 72 valence electrons. The van der Waals surface area contributed by atoms with E-state index >= 15 is 0 Å². The Balaban J connectivity index is 2.86. The summed E-state index contributed by atoms with van der Waals surface area (Å²) in [6, 6.07) is 3.62. The molecule has 0 unspecified atom stereocenters. The maximum Gasteiger partial charge on any atom is 0.151 e. The SMILES string of the molecule is O=Cc1cc(CO)c2ccsc2c1S. The van der Waals surface area contributed by atoms with Gasteiger partial charge in [0.2, 0.25) is 0 Å². The number of benzene rings is 1. The Morgan fingerprint density at radius 3 is 3.00 bits per heavy atom. The summed E-state index contributed by atoms with van der Waals surface area (Å²) in [6.07, 6.45) is 0.765. The summed E-state index contributed by atoms with van der Waals surface area (Å²) in [6.45, 7) is -0.0534. The highest BCUT2D eigenvalue weighted by Gasteiger charge is 2.09. The van der Waals surface area contributed by atoms with E-state index in [1.165, 1.54) is 11.3 Å². The van der Waals surface area contributed by atoms with Crippen molar-refractivity contribution in [1.82, 2.24) is 0 Å². The fraction of sp³-hybridized carbons (Fsp3) is 0.100. The molecule has 0 saturated heterocycles. The maximum absolute atomic E-state index is 10.7. The van der Waals surface area contributed by atoms with Gasteiger partial charge in [-0.2, -0.15) is 0 Å². The predicted octanol–water partition coefficient (Wildman–Crippen LogP) is 2.49. The lowest BCUT2D eigenvalue weighted by Gasteiger charge is -2.04. The molecule has 0 aliphatic heterocycles. The topological polar surface area (TPSA) is 37.3 Å². The van der Waals surface area contributed by atoms with Gasteiger partial charge >= 0.3 is 0 Å². The number of rotatable bonds is 2. The van der Waals surface area contributed by atoms with Gasteiger partial charge in [-0.15, -0.1) is 24.0 Å². The van der Waals surface area contributed by atoms with Crippen molar-refractivity contribution in [2.75, 3.05) is 0 Å². The van der Waals surface area contributed by atoms with Crippen LogP contribution in [0.1, 0.15) is 15.9 Å². The second-order valence-electron chi connectivity index (χ2n) is 2.91. The molecule has 2 nitrogen and oxygen atoms in total. The smallest absolute Gasteiger partial charge is 0.151 e. The molecule has 1 heterocycles. The van der Waals surface area contributed by atoms with Crippen LogP contribution in [0, 0.1) is 0 Å². The molecular weight excluding hydrogens is 216 g/mol. The summed E-state index contributed by atoms with van der Waals surface area (Å²) in [5, 5.41) is 12.0. The highest BCUT2D eigenvalue weighted by molar-refractivity contribution is 7.80. The molecular formula is C10H8O2S2. The monoisotopic (exact) mass is 224 g/mol.